The molecule has 0 spiro atoms. The van der Waals surface area contributed by atoms with Crippen LogP contribution in [0.2, 0.25) is 0 Å². The van der Waals surface area contributed by atoms with Crippen molar-refractivity contribution in [1.82, 2.24) is 9.80 Å². The fraction of sp³-hybridized carbons (Fsp3) is 0.500. The predicted molar refractivity (Wildman–Crippen MR) is 105 cm³/mol. The summed E-state index contributed by atoms with van der Waals surface area (Å²) in [4.78, 5) is 52.9. The molecule has 8 heteroatoms. The molecule has 1 aliphatic rings. The maximum absolute atomic E-state index is 13.2. The summed E-state index contributed by atoms with van der Waals surface area (Å²) in [6.45, 7) is 7.27. The summed E-state index contributed by atoms with van der Waals surface area (Å²) >= 11 is 0. The summed E-state index contributed by atoms with van der Waals surface area (Å²) in [7, 11) is 0. The van der Waals surface area contributed by atoms with E-state index in [4.69, 9.17) is 5.73 Å². The monoisotopic (exact) mass is 388 g/mol. The van der Waals surface area contributed by atoms with Crippen molar-refractivity contribution >= 4 is 29.3 Å². The number of fused-ring (bicyclic) bond motifs is 1. The van der Waals surface area contributed by atoms with Gasteiger partial charge >= 0.3 is 0 Å². The van der Waals surface area contributed by atoms with Crippen LogP contribution in [-0.4, -0.2) is 59.1 Å². The van der Waals surface area contributed by atoms with Gasteiger partial charge in [-0.05, 0) is 24.0 Å². The highest BCUT2D eigenvalue weighted by molar-refractivity contribution is 6.10. The maximum Gasteiger partial charge on any atom is 0.257 e. The van der Waals surface area contributed by atoms with E-state index in [-0.39, 0.29) is 30.8 Å². The smallest absolute Gasteiger partial charge is 0.257 e. The van der Waals surface area contributed by atoms with Gasteiger partial charge in [0.15, 0.2) is 0 Å². The van der Waals surface area contributed by atoms with Gasteiger partial charge in [0.1, 0.15) is 12.6 Å². The standard InChI is InChI=1S/C20H28N4O4/c1-12(2)9-23(10-16(21)25)17(26)11-24-18(13(3)4)19(27)22-15-8-6-5-7-14(15)20(24)28/h5-8,12-13,18H,9-11H2,1-4H3,(H2,21,25)(H,22,27)/t18-/m0/s1. The van der Waals surface area contributed by atoms with Gasteiger partial charge in [-0.25, -0.2) is 0 Å². The Labute approximate surface area is 165 Å². The van der Waals surface area contributed by atoms with Gasteiger partial charge in [0.05, 0.1) is 17.8 Å². The van der Waals surface area contributed by atoms with Crippen molar-refractivity contribution in [2.75, 3.05) is 25.0 Å². The number of para-hydroxylation sites is 1. The summed E-state index contributed by atoms with van der Waals surface area (Å²) < 4.78 is 0. The summed E-state index contributed by atoms with van der Waals surface area (Å²) in [6, 6.07) is 5.91. The lowest BCUT2D eigenvalue weighted by Crippen LogP contribution is -2.53. The number of amides is 4. The first-order valence-corrected chi connectivity index (χ1v) is 9.38. The highest BCUT2D eigenvalue weighted by atomic mass is 16.2. The highest BCUT2D eigenvalue weighted by Gasteiger charge is 2.38. The second-order valence-corrected chi connectivity index (χ2v) is 7.79. The number of hydrogen-bond acceptors (Lipinski definition) is 4. The lowest BCUT2D eigenvalue weighted by Gasteiger charge is -2.33. The van der Waals surface area contributed by atoms with E-state index in [0.717, 1.165) is 0 Å². The number of hydrogen-bond donors (Lipinski definition) is 2. The van der Waals surface area contributed by atoms with Crippen molar-refractivity contribution in [2.45, 2.75) is 33.7 Å². The largest absolute Gasteiger partial charge is 0.368 e. The van der Waals surface area contributed by atoms with Crippen LogP contribution >= 0.6 is 0 Å². The zero-order valence-electron chi connectivity index (χ0n) is 16.8. The van der Waals surface area contributed by atoms with E-state index in [9.17, 15) is 19.2 Å². The molecule has 0 saturated heterocycles. The molecule has 2 rings (SSSR count). The number of rotatable bonds is 7. The number of carbonyl (C=O) groups is 4. The molecule has 8 nitrogen and oxygen atoms in total. The van der Waals surface area contributed by atoms with E-state index in [1.807, 2.05) is 27.7 Å². The van der Waals surface area contributed by atoms with E-state index in [1.54, 1.807) is 24.3 Å². The minimum absolute atomic E-state index is 0.119. The van der Waals surface area contributed by atoms with E-state index < -0.39 is 23.8 Å². The van der Waals surface area contributed by atoms with Crippen LogP contribution in [0.1, 0.15) is 38.1 Å². The molecule has 1 aromatic carbocycles. The lowest BCUT2D eigenvalue weighted by molar-refractivity contribution is -0.137. The summed E-state index contributed by atoms with van der Waals surface area (Å²) in [6.07, 6.45) is 0. The number of nitrogens with zero attached hydrogens (tertiary/aromatic N) is 2. The van der Waals surface area contributed by atoms with E-state index in [2.05, 4.69) is 5.32 Å². The molecule has 0 unspecified atom stereocenters. The molecule has 3 N–H and O–H groups in total. The molecule has 152 valence electrons. The third kappa shape index (κ3) is 4.88. The fourth-order valence-electron chi connectivity index (χ4n) is 3.37. The van der Waals surface area contributed by atoms with Gasteiger partial charge in [0.25, 0.3) is 5.91 Å². The lowest BCUT2D eigenvalue weighted by atomic mass is 10.0. The molecule has 1 aliphatic heterocycles. The molecule has 0 aromatic heterocycles. The van der Waals surface area contributed by atoms with Crippen molar-refractivity contribution in [1.29, 1.82) is 0 Å². The minimum Gasteiger partial charge on any atom is -0.368 e. The quantitative estimate of drug-likeness (QED) is 0.727. The average molecular weight is 388 g/mol. The zero-order chi connectivity index (χ0) is 21.0. The van der Waals surface area contributed by atoms with E-state index in [1.165, 1.54) is 9.80 Å². The Morgan fingerprint density at radius 1 is 1.18 bits per heavy atom. The molecule has 1 aromatic rings. The number of nitrogens with one attached hydrogen (secondary N) is 1. The average Bonchev–Trinajstić information content (AvgIpc) is 2.68. The molecule has 1 heterocycles. The first kappa shape index (κ1) is 21.4. The SMILES string of the molecule is CC(C)CN(CC(N)=O)C(=O)CN1C(=O)c2ccccc2NC(=O)[C@@H]1C(C)C. The Morgan fingerprint density at radius 2 is 1.82 bits per heavy atom. The van der Waals surface area contributed by atoms with Gasteiger partial charge in [-0.1, -0.05) is 39.8 Å². The Hall–Kier alpha value is -2.90. The molecule has 4 amide bonds. The summed E-state index contributed by atoms with van der Waals surface area (Å²) in [5.41, 5.74) is 6.03. The molecule has 0 radical (unpaired) electrons. The predicted octanol–water partition coefficient (Wildman–Crippen LogP) is 1.08. The molecule has 1 atom stereocenters. The summed E-state index contributed by atoms with van der Waals surface area (Å²) in [5, 5.41) is 2.78. The van der Waals surface area contributed by atoms with Crippen LogP contribution < -0.4 is 11.1 Å². The highest BCUT2D eigenvalue weighted by Crippen LogP contribution is 2.26. The van der Waals surface area contributed by atoms with Crippen molar-refractivity contribution in [3.8, 4) is 0 Å². The van der Waals surface area contributed by atoms with Crippen LogP contribution in [0, 0.1) is 11.8 Å². The fourth-order valence-corrected chi connectivity index (χ4v) is 3.37. The maximum atomic E-state index is 13.2. The molecule has 28 heavy (non-hydrogen) atoms. The van der Waals surface area contributed by atoms with Gasteiger partial charge in [0, 0.05) is 6.54 Å². The van der Waals surface area contributed by atoms with Crippen molar-refractivity contribution in [2.24, 2.45) is 17.6 Å². The number of benzene rings is 1. The number of anilines is 1. The second-order valence-electron chi connectivity index (χ2n) is 7.79. The van der Waals surface area contributed by atoms with E-state index in [0.29, 0.717) is 17.8 Å². The molecule has 0 fully saturated rings. The number of carbonyl (C=O) groups excluding carboxylic acids is 4. The van der Waals surface area contributed by atoms with Crippen LogP contribution in [-0.2, 0) is 14.4 Å². The molecular weight excluding hydrogens is 360 g/mol. The molecule has 0 bridgehead atoms. The van der Waals surface area contributed by atoms with Crippen molar-refractivity contribution in [3.05, 3.63) is 29.8 Å². The van der Waals surface area contributed by atoms with E-state index >= 15 is 0 Å². The first-order chi connectivity index (χ1) is 13.1. The Bertz CT molecular complexity index is 775. The third-order valence-corrected chi connectivity index (χ3v) is 4.50. The van der Waals surface area contributed by atoms with Gasteiger partial charge in [-0.2, -0.15) is 0 Å². The number of primary amides is 1. The molecular formula is C20H28N4O4. The topological polar surface area (TPSA) is 113 Å². The minimum atomic E-state index is -0.807. The van der Waals surface area contributed by atoms with Crippen LogP contribution in [0.15, 0.2) is 24.3 Å². The molecule has 0 aliphatic carbocycles. The van der Waals surface area contributed by atoms with Gasteiger partial charge in [0.2, 0.25) is 17.7 Å². The Balaban J connectivity index is 2.37. The Kier molecular flexibility index (Phi) is 6.77. The van der Waals surface area contributed by atoms with Crippen LogP contribution in [0.4, 0.5) is 5.69 Å². The van der Waals surface area contributed by atoms with Crippen LogP contribution in [0.3, 0.4) is 0 Å². The first-order valence-electron chi connectivity index (χ1n) is 9.38. The van der Waals surface area contributed by atoms with Crippen molar-refractivity contribution < 1.29 is 19.2 Å². The Morgan fingerprint density at radius 3 is 2.39 bits per heavy atom. The van der Waals surface area contributed by atoms with Crippen LogP contribution in [0.5, 0.6) is 0 Å². The normalized spacial score (nSPS) is 16.6. The van der Waals surface area contributed by atoms with Crippen LogP contribution in [0.25, 0.3) is 0 Å². The second kappa shape index (κ2) is 8.86. The summed E-state index contributed by atoms with van der Waals surface area (Å²) in [5.74, 6) is -1.87. The zero-order valence-corrected chi connectivity index (χ0v) is 16.8. The van der Waals surface area contributed by atoms with Gasteiger partial charge in [-0.3, -0.25) is 19.2 Å². The van der Waals surface area contributed by atoms with Crippen molar-refractivity contribution in [3.63, 3.8) is 0 Å². The third-order valence-electron chi connectivity index (χ3n) is 4.50. The number of nitrogens with two attached hydrogens (primary N) is 1. The van der Waals surface area contributed by atoms with Gasteiger partial charge in [-0.15, -0.1) is 0 Å². The molecule has 0 saturated carbocycles. The van der Waals surface area contributed by atoms with Gasteiger partial charge < -0.3 is 20.9 Å².